The van der Waals surface area contributed by atoms with Gasteiger partial charge in [-0.1, -0.05) is 0 Å². The van der Waals surface area contributed by atoms with Crippen molar-refractivity contribution < 1.29 is 24.6 Å². The topological polar surface area (TPSA) is 98.1 Å². The number of carboxylic acid groups (broad SMARTS) is 2. The molecule has 0 atom stereocenters. The van der Waals surface area contributed by atoms with E-state index in [1.54, 1.807) is 0 Å². The van der Waals surface area contributed by atoms with Crippen LogP contribution in [-0.4, -0.2) is 70.6 Å². The van der Waals surface area contributed by atoms with Gasteiger partial charge in [-0.15, -0.1) is 0 Å². The Labute approximate surface area is 98.6 Å². The molecule has 17 heavy (non-hydrogen) atoms. The van der Waals surface area contributed by atoms with Crippen LogP contribution in [0.15, 0.2) is 0 Å². The van der Waals surface area contributed by atoms with Gasteiger partial charge in [0.1, 0.15) is 13.1 Å². The van der Waals surface area contributed by atoms with Gasteiger partial charge in [-0.3, -0.25) is 19.3 Å². The fraction of sp³-hybridized carbons (Fsp3) is 0.700. The summed E-state index contributed by atoms with van der Waals surface area (Å²) in [6, 6.07) is 0. The highest BCUT2D eigenvalue weighted by atomic mass is 16.4. The Kier molecular flexibility index (Phi) is 4.89. The van der Waals surface area contributed by atoms with Crippen LogP contribution >= 0.6 is 0 Å². The van der Waals surface area contributed by atoms with E-state index in [-0.39, 0.29) is 6.54 Å². The summed E-state index contributed by atoms with van der Waals surface area (Å²) in [6.45, 7) is 0.567. The van der Waals surface area contributed by atoms with Crippen molar-refractivity contribution in [1.82, 2.24) is 9.80 Å². The van der Waals surface area contributed by atoms with E-state index < -0.39 is 30.9 Å². The van der Waals surface area contributed by atoms with Gasteiger partial charge in [0, 0.05) is 0 Å². The Morgan fingerprint density at radius 2 is 1.47 bits per heavy atom. The molecule has 0 bridgehead atoms. The lowest BCUT2D eigenvalue weighted by Crippen LogP contribution is -2.44. The third-order valence-electron chi connectivity index (χ3n) is 2.56. The molecule has 0 unspecified atom stereocenters. The minimum absolute atomic E-state index is 0.0978. The van der Waals surface area contributed by atoms with Crippen molar-refractivity contribution in [1.29, 1.82) is 0 Å². The molecule has 0 radical (unpaired) electrons. The third-order valence-corrected chi connectivity index (χ3v) is 2.56. The lowest BCUT2D eigenvalue weighted by Gasteiger charge is -2.22. The average Bonchev–Trinajstić information content (AvgIpc) is 2.67. The normalized spacial score (nSPS) is 15.8. The molecule has 0 aliphatic carbocycles. The lowest BCUT2D eigenvalue weighted by atomic mass is 10.4. The van der Waals surface area contributed by atoms with Gasteiger partial charge in [-0.05, 0) is 25.9 Å². The second kappa shape index (κ2) is 6.19. The van der Waals surface area contributed by atoms with E-state index in [4.69, 9.17) is 10.2 Å². The van der Waals surface area contributed by atoms with Gasteiger partial charge in [0.25, 0.3) is 0 Å². The van der Waals surface area contributed by atoms with Crippen molar-refractivity contribution >= 4 is 17.8 Å². The Balaban J connectivity index is 2.51. The quantitative estimate of drug-likeness (QED) is 0.627. The Morgan fingerprint density at radius 3 is 1.88 bits per heavy atom. The third kappa shape index (κ3) is 4.81. The first-order chi connectivity index (χ1) is 7.99. The molecule has 1 aliphatic heterocycles. The zero-order valence-electron chi connectivity index (χ0n) is 9.46. The van der Waals surface area contributed by atoms with Crippen molar-refractivity contribution in [3.63, 3.8) is 0 Å². The van der Waals surface area contributed by atoms with Crippen LogP contribution in [0.3, 0.4) is 0 Å². The van der Waals surface area contributed by atoms with Gasteiger partial charge in [-0.25, -0.2) is 0 Å². The van der Waals surface area contributed by atoms with E-state index in [9.17, 15) is 14.4 Å². The first kappa shape index (κ1) is 13.4. The zero-order valence-corrected chi connectivity index (χ0v) is 9.46. The number of rotatable bonds is 6. The predicted molar refractivity (Wildman–Crippen MR) is 57.5 cm³/mol. The van der Waals surface area contributed by atoms with Crippen molar-refractivity contribution in [2.45, 2.75) is 12.8 Å². The Hall–Kier alpha value is -1.63. The molecular weight excluding hydrogens is 228 g/mol. The van der Waals surface area contributed by atoms with Crippen LogP contribution in [0.5, 0.6) is 0 Å². The summed E-state index contributed by atoms with van der Waals surface area (Å²) in [7, 11) is 0. The van der Waals surface area contributed by atoms with Crippen LogP contribution in [0.4, 0.5) is 0 Å². The molecule has 1 rings (SSSR count). The molecular formula is C10H16N2O5. The van der Waals surface area contributed by atoms with Gasteiger partial charge >= 0.3 is 11.9 Å². The van der Waals surface area contributed by atoms with Gasteiger partial charge < -0.3 is 15.1 Å². The molecule has 1 aliphatic rings. The van der Waals surface area contributed by atoms with Crippen molar-refractivity contribution in [2.75, 3.05) is 32.7 Å². The van der Waals surface area contributed by atoms with E-state index in [1.165, 1.54) is 0 Å². The molecule has 0 aromatic carbocycles. The van der Waals surface area contributed by atoms with E-state index in [0.717, 1.165) is 30.8 Å². The second-order valence-corrected chi connectivity index (χ2v) is 4.02. The van der Waals surface area contributed by atoms with Crippen LogP contribution in [-0.2, 0) is 14.4 Å². The molecule has 0 spiro atoms. The van der Waals surface area contributed by atoms with E-state index >= 15 is 0 Å². The number of aliphatic carboxylic acids is 2. The molecule has 1 fully saturated rings. The first-order valence-corrected chi connectivity index (χ1v) is 5.42. The SMILES string of the molecule is O=C(O)CN(CC(=O)O)C(=O)CN1CCCC1. The molecule has 0 saturated carbocycles. The zero-order chi connectivity index (χ0) is 12.8. The van der Waals surface area contributed by atoms with Crippen LogP contribution in [0, 0.1) is 0 Å². The number of nitrogens with zero attached hydrogens (tertiary/aromatic N) is 2. The highest BCUT2D eigenvalue weighted by Crippen LogP contribution is 2.07. The number of carbonyl (C=O) groups excluding carboxylic acids is 1. The van der Waals surface area contributed by atoms with Crippen molar-refractivity contribution in [3.8, 4) is 0 Å². The smallest absolute Gasteiger partial charge is 0.323 e. The summed E-state index contributed by atoms with van der Waals surface area (Å²) in [5, 5.41) is 17.2. The molecule has 7 heteroatoms. The molecule has 96 valence electrons. The lowest BCUT2D eigenvalue weighted by molar-refractivity contribution is -0.149. The summed E-state index contributed by atoms with van der Waals surface area (Å²) in [5.41, 5.74) is 0. The standard InChI is InChI=1S/C10H16N2O5/c13-8(5-11-3-1-2-4-11)12(6-9(14)15)7-10(16)17/h1-7H2,(H,14,15)(H,16,17). The maximum atomic E-state index is 11.7. The summed E-state index contributed by atoms with van der Waals surface area (Å²) < 4.78 is 0. The summed E-state index contributed by atoms with van der Waals surface area (Å²) in [5.74, 6) is -2.86. The summed E-state index contributed by atoms with van der Waals surface area (Å²) in [4.78, 5) is 35.5. The molecule has 1 saturated heterocycles. The predicted octanol–water partition coefficient (Wildman–Crippen LogP) is -0.920. The minimum atomic E-state index is -1.21. The van der Waals surface area contributed by atoms with Gasteiger partial charge in [0.05, 0.1) is 6.54 Å². The summed E-state index contributed by atoms with van der Waals surface area (Å²) >= 11 is 0. The number of carboxylic acids is 2. The number of hydrogen-bond acceptors (Lipinski definition) is 4. The van der Waals surface area contributed by atoms with Crippen LogP contribution < -0.4 is 0 Å². The average molecular weight is 244 g/mol. The summed E-state index contributed by atoms with van der Waals surface area (Å²) in [6.07, 6.45) is 2.04. The monoisotopic (exact) mass is 244 g/mol. The fourth-order valence-corrected chi connectivity index (χ4v) is 1.79. The molecule has 0 aromatic rings. The Bertz CT molecular complexity index is 296. The van der Waals surface area contributed by atoms with Gasteiger partial charge in [0.2, 0.25) is 5.91 Å². The van der Waals surface area contributed by atoms with Crippen molar-refractivity contribution in [3.05, 3.63) is 0 Å². The minimum Gasteiger partial charge on any atom is -0.480 e. The largest absolute Gasteiger partial charge is 0.480 e. The molecule has 2 N–H and O–H groups in total. The van der Waals surface area contributed by atoms with E-state index in [1.807, 2.05) is 4.90 Å². The highest BCUT2D eigenvalue weighted by Gasteiger charge is 2.23. The second-order valence-electron chi connectivity index (χ2n) is 4.02. The van der Waals surface area contributed by atoms with Crippen LogP contribution in [0.2, 0.25) is 0 Å². The van der Waals surface area contributed by atoms with Crippen molar-refractivity contribution in [2.24, 2.45) is 0 Å². The van der Waals surface area contributed by atoms with Gasteiger partial charge in [-0.2, -0.15) is 0 Å². The highest BCUT2D eigenvalue weighted by molar-refractivity contribution is 5.86. The Morgan fingerprint density at radius 1 is 1.00 bits per heavy atom. The van der Waals surface area contributed by atoms with E-state index in [2.05, 4.69) is 0 Å². The van der Waals surface area contributed by atoms with Crippen LogP contribution in [0.25, 0.3) is 0 Å². The number of amides is 1. The molecule has 0 aromatic heterocycles. The maximum Gasteiger partial charge on any atom is 0.323 e. The molecule has 1 heterocycles. The first-order valence-electron chi connectivity index (χ1n) is 5.42. The van der Waals surface area contributed by atoms with E-state index in [0.29, 0.717) is 0 Å². The number of carbonyl (C=O) groups is 3. The maximum absolute atomic E-state index is 11.7. The fourth-order valence-electron chi connectivity index (χ4n) is 1.79. The number of likely N-dealkylation sites (tertiary alicyclic amines) is 1. The molecule has 7 nitrogen and oxygen atoms in total. The van der Waals surface area contributed by atoms with Gasteiger partial charge in [0.15, 0.2) is 0 Å². The number of hydrogen-bond donors (Lipinski definition) is 2. The molecule has 1 amide bonds. The van der Waals surface area contributed by atoms with Crippen LogP contribution in [0.1, 0.15) is 12.8 Å².